The topological polar surface area (TPSA) is 72.1 Å². The summed E-state index contributed by atoms with van der Waals surface area (Å²) < 4.78 is 35.5. The molecule has 7 nitrogen and oxygen atoms in total. The molecule has 0 spiro atoms. The molecular formula is C27H30F2N4O3. The van der Waals surface area contributed by atoms with Crippen molar-refractivity contribution >= 4 is 11.9 Å². The van der Waals surface area contributed by atoms with Crippen molar-refractivity contribution in [3.63, 3.8) is 0 Å². The Morgan fingerprint density at radius 1 is 1.17 bits per heavy atom. The van der Waals surface area contributed by atoms with Gasteiger partial charge < -0.3 is 24.1 Å². The fourth-order valence-corrected chi connectivity index (χ4v) is 4.73. The van der Waals surface area contributed by atoms with E-state index in [1.54, 1.807) is 13.4 Å². The number of methoxy groups -OCH3 is 1. The van der Waals surface area contributed by atoms with Gasteiger partial charge in [-0.3, -0.25) is 0 Å². The number of halogens is 2. The maximum atomic E-state index is 14.0. The van der Waals surface area contributed by atoms with E-state index < -0.39 is 23.8 Å². The van der Waals surface area contributed by atoms with Crippen molar-refractivity contribution in [1.82, 2.24) is 14.5 Å². The molecule has 2 aromatic carbocycles. The van der Waals surface area contributed by atoms with Gasteiger partial charge in [0.25, 0.3) is 0 Å². The first-order valence-corrected chi connectivity index (χ1v) is 11.4. The number of hydrogen-bond acceptors (Lipinski definition) is 6. The number of rotatable bonds is 4. The summed E-state index contributed by atoms with van der Waals surface area (Å²) in [5.74, 6) is -0.143. The molecule has 1 saturated heterocycles. The van der Waals surface area contributed by atoms with Crippen molar-refractivity contribution in [2.75, 3.05) is 20.3 Å². The van der Waals surface area contributed by atoms with Crippen molar-refractivity contribution < 1.29 is 23.5 Å². The molecule has 2 atom stereocenters. The minimum Gasteiger partial charge on any atom is -0.495 e. The molecule has 1 aromatic heterocycles. The number of amidine groups is 1. The fourth-order valence-electron chi connectivity index (χ4n) is 4.73. The molecular weight excluding hydrogens is 466 g/mol. The Hall–Kier alpha value is -3.72. The van der Waals surface area contributed by atoms with E-state index in [1.807, 2.05) is 46.9 Å². The summed E-state index contributed by atoms with van der Waals surface area (Å²) in [6.45, 7) is 2.42. The Labute approximate surface area is 209 Å². The first-order chi connectivity index (χ1) is 16.9. The van der Waals surface area contributed by atoms with Crippen LogP contribution in [0.4, 0.5) is 8.78 Å². The number of aliphatic hydroxyl groups excluding tert-OH is 1. The SMILES string of the molecule is C.COc1cc(/C=C2\CCCN3C2=NOC[C@@H](O)[C@@H]3c2cc(F)cc(F)c2)ccc1-n1cnc(C)c1. The summed E-state index contributed by atoms with van der Waals surface area (Å²) in [4.78, 5) is 11.6. The molecule has 3 heterocycles. The summed E-state index contributed by atoms with van der Waals surface area (Å²) in [6, 6.07) is 8.50. The molecule has 2 aliphatic rings. The van der Waals surface area contributed by atoms with Crippen LogP contribution in [0, 0.1) is 18.6 Å². The Morgan fingerprint density at radius 2 is 1.94 bits per heavy atom. The molecule has 0 aliphatic carbocycles. The van der Waals surface area contributed by atoms with Gasteiger partial charge in [0.05, 0.1) is 30.9 Å². The molecule has 0 unspecified atom stereocenters. The van der Waals surface area contributed by atoms with Crippen molar-refractivity contribution in [3.8, 4) is 11.4 Å². The predicted octanol–water partition coefficient (Wildman–Crippen LogP) is 5.03. The van der Waals surface area contributed by atoms with Crippen LogP contribution >= 0.6 is 0 Å². The maximum Gasteiger partial charge on any atom is 0.172 e. The number of imidazole rings is 1. The van der Waals surface area contributed by atoms with E-state index in [9.17, 15) is 13.9 Å². The highest BCUT2D eigenvalue weighted by atomic mass is 19.1. The highest BCUT2D eigenvalue weighted by Gasteiger charge is 2.37. The van der Waals surface area contributed by atoms with E-state index in [4.69, 9.17) is 9.57 Å². The van der Waals surface area contributed by atoms with Gasteiger partial charge >= 0.3 is 0 Å². The van der Waals surface area contributed by atoms with E-state index in [1.165, 1.54) is 12.1 Å². The van der Waals surface area contributed by atoms with Crippen molar-refractivity contribution in [2.45, 2.75) is 39.3 Å². The number of ether oxygens (including phenoxy) is 1. The third kappa shape index (κ3) is 4.97. The number of aromatic nitrogens is 2. The molecule has 5 rings (SSSR count). The van der Waals surface area contributed by atoms with Crippen molar-refractivity contribution in [2.24, 2.45) is 5.16 Å². The van der Waals surface area contributed by atoms with E-state index in [-0.39, 0.29) is 14.0 Å². The lowest BCUT2D eigenvalue weighted by Gasteiger charge is -2.38. The lowest BCUT2D eigenvalue weighted by molar-refractivity contribution is 0.0139. The average molecular weight is 497 g/mol. The van der Waals surface area contributed by atoms with Gasteiger partial charge in [-0.05, 0) is 66.8 Å². The average Bonchev–Trinajstić information content (AvgIpc) is 3.17. The summed E-state index contributed by atoms with van der Waals surface area (Å²) >= 11 is 0. The standard InChI is InChI=1S/C26H26F2N4O3.CH4/c1-16-13-31(15-29-16)22-6-5-17(9-24(22)34-2)8-18-4-3-7-32-25(23(33)14-35-30-26(18)32)19-10-20(27)12-21(28)11-19;/h5-6,8-13,15,23,25,33H,3-4,7,14H2,1-2H3;1H4/b18-8+;/t23-,25+;/m1./s1. The molecule has 1 fully saturated rings. The fraction of sp³-hybridized carbons (Fsp3) is 0.333. The number of aliphatic hydroxyl groups is 1. The third-order valence-electron chi connectivity index (χ3n) is 6.26. The first kappa shape index (κ1) is 25.4. The van der Waals surface area contributed by atoms with E-state index in [2.05, 4.69) is 10.1 Å². The molecule has 2 aliphatic heterocycles. The zero-order valence-corrected chi connectivity index (χ0v) is 19.5. The smallest absolute Gasteiger partial charge is 0.172 e. The maximum absolute atomic E-state index is 14.0. The van der Waals surface area contributed by atoms with Crippen LogP contribution in [0.25, 0.3) is 11.8 Å². The summed E-state index contributed by atoms with van der Waals surface area (Å²) in [5, 5.41) is 15.1. The highest BCUT2D eigenvalue weighted by Crippen LogP contribution is 2.35. The van der Waals surface area contributed by atoms with E-state index >= 15 is 0 Å². The second kappa shape index (κ2) is 10.5. The van der Waals surface area contributed by atoms with Gasteiger partial charge in [0.15, 0.2) is 5.84 Å². The number of oxime groups is 1. The van der Waals surface area contributed by atoms with Crippen LogP contribution in [0.3, 0.4) is 0 Å². The minimum absolute atomic E-state index is 0. The van der Waals surface area contributed by atoms with Crippen LogP contribution in [-0.4, -0.2) is 51.8 Å². The second-order valence-electron chi connectivity index (χ2n) is 8.75. The summed E-state index contributed by atoms with van der Waals surface area (Å²) in [6.07, 6.45) is 6.19. The van der Waals surface area contributed by atoms with Crippen LogP contribution in [0.5, 0.6) is 5.75 Å². The number of aryl methyl sites for hydroxylation is 1. The first-order valence-electron chi connectivity index (χ1n) is 11.4. The van der Waals surface area contributed by atoms with Crippen LogP contribution in [0.15, 0.2) is 59.7 Å². The van der Waals surface area contributed by atoms with E-state index in [0.717, 1.165) is 41.4 Å². The van der Waals surface area contributed by atoms with Gasteiger partial charge in [-0.25, -0.2) is 13.8 Å². The molecule has 3 aromatic rings. The molecule has 0 bridgehead atoms. The van der Waals surface area contributed by atoms with Gasteiger partial charge in [-0.15, -0.1) is 0 Å². The molecule has 9 heteroatoms. The Bertz CT molecular complexity index is 1280. The zero-order chi connectivity index (χ0) is 24.5. The Kier molecular flexibility index (Phi) is 7.40. The quantitative estimate of drug-likeness (QED) is 0.549. The van der Waals surface area contributed by atoms with Crippen LogP contribution in [0.2, 0.25) is 0 Å². The largest absolute Gasteiger partial charge is 0.495 e. The number of fused-ring (bicyclic) bond motifs is 1. The van der Waals surface area contributed by atoms with Gasteiger partial charge in [0.1, 0.15) is 30.1 Å². The number of hydrogen-bond donors (Lipinski definition) is 1. The summed E-state index contributed by atoms with van der Waals surface area (Å²) in [5.41, 5.74) is 3.92. The van der Waals surface area contributed by atoms with Crippen molar-refractivity contribution in [1.29, 1.82) is 0 Å². The normalized spacial score (nSPS) is 20.6. The van der Waals surface area contributed by atoms with Crippen LogP contribution < -0.4 is 4.74 Å². The van der Waals surface area contributed by atoms with Gasteiger partial charge in [-0.1, -0.05) is 18.6 Å². The monoisotopic (exact) mass is 496 g/mol. The summed E-state index contributed by atoms with van der Waals surface area (Å²) in [7, 11) is 1.62. The lowest BCUT2D eigenvalue weighted by atomic mass is 9.93. The predicted molar refractivity (Wildman–Crippen MR) is 134 cm³/mol. The zero-order valence-electron chi connectivity index (χ0n) is 19.5. The highest BCUT2D eigenvalue weighted by molar-refractivity contribution is 6.02. The molecule has 0 saturated carbocycles. The molecule has 190 valence electrons. The van der Waals surface area contributed by atoms with Gasteiger partial charge in [0, 0.05) is 18.8 Å². The third-order valence-corrected chi connectivity index (χ3v) is 6.26. The number of benzene rings is 2. The number of piperidine rings is 1. The van der Waals surface area contributed by atoms with E-state index in [0.29, 0.717) is 23.7 Å². The molecule has 36 heavy (non-hydrogen) atoms. The van der Waals surface area contributed by atoms with Crippen molar-refractivity contribution in [3.05, 3.63) is 83.0 Å². The molecule has 0 amide bonds. The second-order valence-corrected chi connectivity index (χ2v) is 8.75. The molecule has 1 N–H and O–H groups in total. The molecule has 0 radical (unpaired) electrons. The number of nitrogens with zero attached hydrogens (tertiary/aromatic N) is 4. The lowest BCUT2D eigenvalue weighted by Crippen LogP contribution is -2.44. The van der Waals surface area contributed by atoms with Gasteiger partial charge in [0.2, 0.25) is 0 Å². The van der Waals surface area contributed by atoms with Crippen LogP contribution in [-0.2, 0) is 4.84 Å². The minimum atomic E-state index is -1.00. The Balaban J connectivity index is 0.00000304. The van der Waals surface area contributed by atoms with Gasteiger partial charge in [-0.2, -0.15) is 0 Å². The van der Waals surface area contributed by atoms with Crippen LogP contribution in [0.1, 0.15) is 43.1 Å². The Morgan fingerprint density at radius 3 is 2.64 bits per heavy atom.